The number of carbonyl (C=O) groups is 1. The van der Waals surface area contributed by atoms with E-state index in [9.17, 15) is 14.9 Å². The van der Waals surface area contributed by atoms with Gasteiger partial charge in [-0.2, -0.15) is 0 Å². The van der Waals surface area contributed by atoms with E-state index >= 15 is 0 Å². The number of hydrogen-bond acceptors (Lipinski definition) is 5. The van der Waals surface area contributed by atoms with Crippen LogP contribution in [0.3, 0.4) is 0 Å². The average Bonchev–Trinajstić information content (AvgIpc) is 3.06. The summed E-state index contributed by atoms with van der Waals surface area (Å²) in [6, 6.07) is 12.6. The first-order valence-corrected chi connectivity index (χ1v) is 7.86. The van der Waals surface area contributed by atoms with Crippen molar-refractivity contribution in [1.29, 1.82) is 0 Å². The number of benzene rings is 2. The van der Waals surface area contributed by atoms with E-state index in [1.54, 1.807) is 6.92 Å². The average molecular weight is 355 g/mol. The molecule has 1 aromatic heterocycles. The number of nitro groups is 1. The van der Waals surface area contributed by atoms with Crippen LogP contribution in [0, 0.1) is 10.1 Å². The van der Waals surface area contributed by atoms with Crippen molar-refractivity contribution in [2.75, 3.05) is 12.4 Å². The summed E-state index contributed by atoms with van der Waals surface area (Å²) in [6.45, 7) is 1.76. The number of ether oxygens (including phenoxy) is 1. The number of urea groups is 1. The van der Waals surface area contributed by atoms with Crippen LogP contribution in [0.25, 0.3) is 11.0 Å². The zero-order chi connectivity index (χ0) is 18.7. The molecule has 2 N–H and O–H groups in total. The van der Waals surface area contributed by atoms with Gasteiger partial charge >= 0.3 is 6.03 Å². The molecule has 0 radical (unpaired) electrons. The first-order chi connectivity index (χ1) is 12.5. The van der Waals surface area contributed by atoms with Gasteiger partial charge in [0, 0.05) is 5.39 Å². The van der Waals surface area contributed by atoms with Gasteiger partial charge in [0.05, 0.1) is 24.1 Å². The lowest BCUT2D eigenvalue weighted by molar-refractivity contribution is -0.384. The fraction of sp³-hybridized carbons (Fsp3) is 0.167. The van der Waals surface area contributed by atoms with E-state index in [1.807, 2.05) is 30.3 Å². The van der Waals surface area contributed by atoms with Gasteiger partial charge in [0.25, 0.3) is 5.69 Å². The number of hydrogen-bond donors (Lipinski definition) is 2. The Labute approximate surface area is 148 Å². The van der Waals surface area contributed by atoms with Crippen molar-refractivity contribution in [3.63, 3.8) is 0 Å². The lowest BCUT2D eigenvalue weighted by Crippen LogP contribution is -2.31. The summed E-state index contributed by atoms with van der Waals surface area (Å²) < 4.78 is 10.7. The molecule has 134 valence electrons. The summed E-state index contributed by atoms with van der Waals surface area (Å²) in [5, 5.41) is 17.3. The topological polar surface area (TPSA) is 107 Å². The Hall–Kier alpha value is -3.55. The summed E-state index contributed by atoms with van der Waals surface area (Å²) in [5.41, 5.74) is 0.545. The van der Waals surface area contributed by atoms with Crippen molar-refractivity contribution < 1.29 is 18.9 Å². The summed E-state index contributed by atoms with van der Waals surface area (Å²) in [4.78, 5) is 22.8. The number of fused-ring (bicyclic) bond motifs is 1. The predicted molar refractivity (Wildman–Crippen MR) is 96.4 cm³/mol. The molecule has 0 aliphatic carbocycles. The molecule has 3 aromatic rings. The van der Waals surface area contributed by atoms with Gasteiger partial charge in [-0.3, -0.25) is 10.1 Å². The number of para-hydroxylation sites is 1. The molecule has 0 unspecified atom stereocenters. The van der Waals surface area contributed by atoms with Crippen molar-refractivity contribution in [2.24, 2.45) is 0 Å². The van der Waals surface area contributed by atoms with Crippen molar-refractivity contribution in [3.8, 4) is 5.75 Å². The molecule has 0 spiro atoms. The van der Waals surface area contributed by atoms with Crippen LogP contribution in [0.15, 0.2) is 52.9 Å². The van der Waals surface area contributed by atoms with Gasteiger partial charge < -0.3 is 19.8 Å². The highest BCUT2D eigenvalue weighted by Gasteiger charge is 2.19. The third-order valence-corrected chi connectivity index (χ3v) is 3.87. The van der Waals surface area contributed by atoms with Crippen LogP contribution >= 0.6 is 0 Å². The van der Waals surface area contributed by atoms with Crippen molar-refractivity contribution in [2.45, 2.75) is 13.0 Å². The van der Waals surface area contributed by atoms with E-state index in [4.69, 9.17) is 9.15 Å². The molecule has 8 nitrogen and oxygen atoms in total. The molecule has 2 amide bonds. The van der Waals surface area contributed by atoms with Crippen molar-refractivity contribution >= 4 is 28.4 Å². The minimum Gasteiger partial charge on any atom is -0.496 e. The second-order valence-electron chi connectivity index (χ2n) is 5.65. The number of anilines is 1. The van der Waals surface area contributed by atoms with E-state index in [2.05, 4.69) is 10.6 Å². The predicted octanol–water partition coefficient (Wildman–Crippen LogP) is 4.23. The molecule has 1 heterocycles. The van der Waals surface area contributed by atoms with Gasteiger partial charge in [-0.05, 0) is 31.2 Å². The zero-order valence-electron chi connectivity index (χ0n) is 14.2. The van der Waals surface area contributed by atoms with E-state index < -0.39 is 17.0 Å². The molecular formula is C18H17N3O5. The van der Waals surface area contributed by atoms with Gasteiger partial charge in [-0.25, -0.2) is 4.79 Å². The number of nitrogens with one attached hydrogen (secondary N) is 2. The molecule has 0 saturated heterocycles. The van der Waals surface area contributed by atoms with Crippen LogP contribution in [-0.4, -0.2) is 18.1 Å². The summed E-state index contributed by atoms with van der Waals surface area (Å²) in [5.74, 6) is 0.920. The molecule has 1 atom stereocenters. The number of nitrogens with zero attached hydrogens (tertiary/aromatic N) is 1. The maximum atomic E-state index is 12.2. The number of carbonyl (C=O) groups excluding carboxylic acids is 1. The van der Waals surface area contributed by atoms with Crippen LogP contribution < -0.4 is 15.4 Å². The Bertz CT molecular complexity index is 933. The maximum absolute atomic E-state index is 12.2. The smallest absolute Gasteiger partial charge is 0.320 e. The van der Waals surface area contributed by atoms with E-state index in [-0.39, 0.29) is 11.4 Å². The number of rotatable bonds is 5. The Morgan fingerprint density at radius 2 is 2.00 bits per heavy atom. The highest BCUT2D eigenvalue weighted by Crippen LogP contribution is 2.29. The molecule has 0 aliphatic heterocycles. The third kappa shape index (κ3) is 3.59. The van der Waals surface area contributed by atoms with Gasteiger partial charge in [-0.15, -0.1) is 0 Å². The van der Waals surface area contributed by atoms with Crippen LogP contribution in [0.2, 0.25) is 0 Å². The van der Waals surface area contributed by atoms with E-state index in [0.717, 1.165) is 11.0 Å². The largest absolute Gasteiger partial charge is 0.496 e. The molecule has 0 saturated carbocycles. The molecule has 8 heteroatoms. The van der Waals surface area contributed by atoms with Gasteiger partial charge in [0.15, 0.2) is 0 Å². The zero-order valence-corrected chi connectivity index (χ0v) is 14.2. The highest BCUT2D eigenvalue weighted by molar-refractivity contribution is 5.92. The normalized spacial score (nSPS) is 11.8. The fourth-order valence-corrected chi connectivity index (χ4v) is 2.54. The second kappa shape index (κ2) is 7.14. The number of furan rings is 1. The Morgan fingerprint density at radius 1 is 1.23 bits per heavy atom. The lowest BCUT2D eigenvalue weighted by atomic mass is 10.2. The van der Waals surface area contributed by atoms with E-state index in [1.165, 1.54) is 25.3 Å². The lowest BCUT2D eigenvalue weighted by Gasteiger charge is -2.13. The summed E-state index contributed by atoms with van der Waals surface area (Å²) in [7, 11) is 1.41. The minimum atomic E-state index is -0.583. The minimum absolute atomic E-state index is 0.0742. The van der Waals surface area contributed by atoms with Crippen LogP contribution in [0.1, 0.15) is 18.7 Å². The van der Waals surface area contributed by atoms with Gasteiger partial charge in [-0.1, -0.05) is 18.2 Å². The van der Waals surface area contributed by atoms with Gasteiger partial charge in [0.2, 0.25) is 0 Å². The quantitative estimate of drug-likeness (QED) is 0.526. The Morgan fingerprint density at radius 3 is 2.69 bits per heavy atom. The molecular weight excluding hydrogens is 338 g/mol. The van der Waals surface area contributed by atoms with Gasteiger partial charge in [0.1, 0.15) is 22.8 Å². The molecule has 0 bridgehead atoms. The highest BCUT2D eigenvalue weighted by atomic mass is 16.6. The molecule has 0 aliphatic rings. The van der Waals surface area contributed by atoms with Crippen molar-refractivity contribution in [1.82, 2.24) is 5.32 Å². The number of amides is 2. The number of methoxy groups -OCH3 is 1. The monoisotopic (exact) mass is 355 g/mol. The fourth-order valence-electron chi connectivity index (χ4n) is 2.54. The third-order valence-electron chi connectivity index (χ3n) is 3.87. The van der Waals surface area contributed by atoms with Crippen molar-refractivity contribution in [3.05, 3.63) is 64.4 Å². The Kier molecular flexibility index (Phi) is 4.74. The number of nitro benzene ring substituents is 1. The molecule has 26 heavy (non-hydrogen) atoms. The van der Waals surface area contributed by atoms with E-state index in [0.29, 0.717) is 11.5 Å². The molecule has 3 rings (SSSR count). The summed E-state index contributed by atoms with van der Waals surface area (Å²) in [6.07, 6.45) is 0. The molecule has 0 fully saturated rings. The SMILES string of the molecule is COc1ccc(NC(=O)N[C@@H](C)c2cc3ccccc3o2)c([N+](=O)[O-])c1. The van der Waals surface area contributed by atoms with Crippen LogP contribution in [0.4, 0.5) is 16.2 Å². The molecule has 2 aromatic carbocycles. The first-order valence-electron chi connectivity index (χ1n) is 7.86. The summed E-state index contributed by atoms with van der Waals surface area (Å²) >= 11 is 0. The standard InChI is InChI=1S/C18H17N3O5/c1-11(17-9-12-5-3-4-6-16(12)26-17)19-18(22)20-14-8-7-13(25-2)10-15(14)21(23)24/h3-11H,1-2H3,(H2,19,20,22)/t11-/m0/s1. The van der Waals surface area contributed by atoms with Crippen LogP contribution in [-0.2, 0) is 0 Å². The van der Waals surface area contributed by atoms with Crippen LogP contribution in [0.5, 0.6) is 5.75 Å². The second-order valence-corrected chi connectivity index (χ2v) is 5.65. The first kappa shape index (κ1) is 17.3. The maximum Gasteiger partial charge on any atom is 0.320 e. The Balaban J connectivity index is 1.73.